The van der Waals surface area contributed by atoms with Gasteiger partial charge in [-0.3, -0.25) is 4.68 Å². The van der Waals surface area contributed by atoms with Crippen LogP contribution in [0.5, 0.6) is 0 Å². The molecule has 1 N–H and O–H groups in total. The molecular formula is C14H14N2O2. The minimum atomic E-state index is -0.936. The lowest BCUT2D eigenvalue weighted by molar-refractivity contribution is 0.0684. The van der Waals surface area contributed by atoms with Gasteiger partial charge in [-0.15, -0.1) is 0 Å². The van der Waals surface area contributed by atoms with Gasteiger partial charge in [0.1, 0.15) is 5.69 Å². The van der Waals surface area contributed by atoms with Gasteiger partial charge in [-0.1, -0.05) is 18.2 Å². The molecule has 0 saturated carbocycles. The third-order valence-corrected chi connectivity index (χ3v) is 3.43. The highest BCUT2D eigenvalue weighted by Crippen LogP contribution is 2.23. The van der Waals surface area contributed by atoms with Gasteiger partial charge in [0.2, 0.25) is 0 Å². The predicted octanol–water partition coefficient (Wildman–Crippen LogP) is 2.12. The van der Waals surface area contributed by atoms with E-state index in [9.17, 15) is 4.79 Å². The van der Waals surface area contributed by atoms with E-state index >= 15 is 0 Å². The smallest absolute Gasteiger partial charge is 0.354 e. The van der Waals surface area contributed by atoms with Crippen LogP contribution in [-0.4, -0.2) is 20.9 Å². The normalized spacial score (nSPS) is 13.6. The van der Waals surface area contributed by atoms with E-state index in [0.29, 0.717) is 6.54 Å². The molecule has 1 aromatic heterocycles. The van der Waals surface area contributed by atoms with Gasteiger partial charge in [0.15, 0.2) is 0 Å². The third-order valence-electron chi connectivity index (χ3n) is 3.43. The number of benzene rings is 1. The Morgan fingerprint density at radius 2 is 2.11 bits per heavy atom. The molecule has 0 radical (unpaired) electrons. The Bertz CT molecular complexity index is 602. The molecule has 1 aromatic carbocycles. The van der Waals surface area contributed by atoms with Gasteiger partial charge < -0.3 is 5.11 Å². The van der Waals surface area contributed by atoms with Crippen molar-refractivity contribution in [3.8, 4) is 0 Å². The van der Waals surface area contributed by atoms with E-state index in [0.717, 1.165) is 18.4 Å². The number of carbonyl (C=O) groups is 1. The maximum absolute atomic E-state index is 11.0. The summed E-state index contributed by atoms with van der Waals surface area (Å²) < 4.78 is 1.53. The van der Waals surface area contributed by atoms with E-state index < -0.39 is 5.97 Å². The summed E-state index contributed by atoms with van der Waals surface area (Å²) in [5, 5.41) is 13.1. The lowest BCUT2D eigenvalue weighted by Crippen LogP contribution is -2.11. The number of aryl methyl sites for hydroxylation is 2. The second-order valence-electron chi connectivity index (χ2n) is 4.64. The molecule has 0 unspecified atom stereocenters. The zero-order chi connectivity index (χ0) is 12.5. The minimum Gasteiger partial charge on any atom is -0.477 e. The van der Waals surface area contributed by atoms with E-state index in [-0.39, 0.29) is 5.69 Å². The van der Waals surface area contributed by atoms with E-state index in [1.54, 1.807) is 0 Å². The second-order valence-corrected chi connectivity index (χ2v) is 4.64. The summed E-state index contributed by atoms with van der Waals surface area (Å²) >= 11 is 0. The Labute approximate surface area is 105 Å². The van der Waals surface area contributed by atoms with Gasteiger partial charge in [-0.25, -0.2) is 4.79 Å². The van der Waals surface area contributed by atoms with Crippen molar-refractivity contribution in [2.45, 2.75) is 25.8 Å². The summed E-state index contributed by atoms with van der Waals surface area (Å²) in [7, 11) is 0. The molecule has 0 spiro atoms. The second kappa shape index (κ2) is 4.29. The van der Waals surface area contributed by atoms with Crippen LogP contribution in [0, 0.1) is 0 Å². The molecule has 4 nitrogen and oxygen atoms in total. The van der Waals surface area contributed by atoms with Crippen molar-refractivity contribution in [3.63, 3.8) is 0 Å². The molecule has 2 aromatic rings. The number of hydrogen-bond donors (Lipinski definition) is 1. The first-order valence-electron chi connectivity index (χ1n) is 6.10. The minimum absolute atomic E-state index is 0.232. The zero-order valence-corrected chi connectivity index (χ0v) is 9.97. The first-order chi connectivity index (χ1) is 8.74. The number of carboxylic acid groups (broad SMARTS) is 1. The predicted molar refractivity (Wildman–Crippen MR) is 66.8 cm³/mol. The lowest BCUT2D eigenvalue weighted by Gasteiger charge is -2.07. The molecule has 1 aliphatic carbocycles. The molecule has 0 aliphatic heterocycles. The maximum Gasteiger partial charge on any atom is 0.354 e. The van der Waals surface area contributed by atoms with Gasteiger partial charge in [0.25, 0.3) is 0 Å². The molecule has 3 rings (SSSR count). The topological polar surface area (TPSA) is 55.1 Å². The molecular weight excluding hydrogens is 228 g/mol. The highest BCUT2D eigenvalue weighted by molar-refractivity contribution is 5.85. The van der Waals surface area contributed by atoms with Crippen molar-refractivity contribution in [2.75, 3.05) is 0 Å². The Hall–Kier alpha value is -2.10. The summed E-state index contributed by atoms with van der Waals surface area (Å²) in [6.07, 6.45) is 5.05. The Morgan fingerprint density at radius 3 is 2.94 bits per heavy atom. The van der Waals surface area contributed by atoms with Crippen molar-refractivity contribution in [2.24, 2.45) is 0 Å². The molecule has 1 aliphatic rings. The number of carboxylic acids is 1. The molecule has 0 atom stereocenters. The fourth-order valence-corrected chi connectivity index (χ4v) is 2.54. The highest BCUT2D eigenvalue weighted by atomic mass is 16.4. The van der Waals surface area contributed by atoms with Gasteiger partial charge >= 0.3 is 5.97 Å². The van der Waals surface area contributed by atoms with Crippen LogP contribution in [0.1, 0.15) is 33.6 Å². The molecule has 0 amide bonds. The maximum atomic E-state index is 11.0. The molecule has 0 saturated heterocycles. The largest absolute Gasteiger partial charge is 0.477 e. The number of nitrogens with zero attached hydrogens (tertiary/aromatic N) is 2. The summed E-state index contributed by atoms with van der Waals surface area (Å²) in [4.78, 5) is 11.0. The van der Waals surface area contributed by atoms with Crippen molar-refractivity contribution in [1.29, 1.82) is 0 Å². The van der Waals surface area contributed by atoms with Crippen LogP contribution in [0.4, 0.5) is 0 Å². The summed E-state index contributed by atoms with van der Waals surface area (Å²) in [6.45, 7) is 0.516. The number of hydrogen-bond acceptors (Lipinski definition) is 2. The Morgan fingerprint density at radius 1 is 1.28 bits per heavy atom. The SMILES string of the molecule is O=C(O)c1ccnn1Cc1ccc2c(c1)CCC2. The van der Waals surface area contributed by atoms with Crippen LogP contribution in [0.2, 0.25) is 0 Å². The molecule has 92 valence electrons. The van der Waals surface area contributed by atoms with Crippen molar-refractivity contribution in [1.82, 2.24) is 9.78 Å². The summed E-state index contributed by atoms with van der Waals surface area (Å²) in [5.41, 5.74) is 4.17. The molecule has 4 heteroatoms. The van der Waals surface area contributed by atoms with E-state index in [1.165, 1.54) is 34.5 Å². The van der Waals surface area contributed by atoms with Crippen LogP contribution in [-0.2, 0) is 19.4 Å². The highest BCUT2D eigenvalue weighted by Gasteiger charge is 2.13. The number of rotatable bonds is 3. The zero-order valence-electron chi connectivity index (χ0n) is 9.97. The lowest BCUT2D eigenvalue weighted by atomic mass is 10.1. The third kappa shape index (κ3) is 1.90. The van der Waals surface area contributed by atoms with Crippen LogP contribution < -0.4 is 0 Å². The molecule has 0 bridgehead atoms. The number of fused-ring (bicyclic) bond motifs is 1. The van der Waals surface area contributed by atoms with Crippen LogP contribution in [0.25, 0.3) is 0 Å². The summed E-state index contributed by atoms with van der Waals surface area (Å²) in [6, 6.07) is 7.92. The molecule has 18 heavy (non-hydrogen) atoms. The first kappa shape index (κ1) is 11.0. The van der Waals surface area contributed by atoms with Crippen molar-refractivity contribution >= 4 is 5.97 Å². The Balaban J connectivity index is 1.88. The fourth-order valence-electron chi connectivity index (χ4n) is 2.54. The fraction of sp³-hybridized carbons (Fsp3) is 0.286. The van der Waals surface area contributed by atoms with Crippen molar-refractivity contribution in [3.05, 3.63) is 52.8 Å². The molecule has 0 fully saturated rings. The van der Waals surface area contributed by atoms with E-state index in [4.69, 9.17) is 5.11 Å². The van der Waals surface area contributed by atoms with Crippen LogP contribution in [0.15, 0.2) is 30.5 Å². The van der Waals surface area contributed by atoms with Gasteiger partial charge in [-0.2, -0.15) is 5.10 Å². The monoisotopic (exact) mass is 242 g/mol. The standard InChI is InChI=1S/C14H14N2O2/c17-14(18)13-6-7-15-16(13)9-10-4-5-11-2-1-3-12(11)8-10/h4-8H,1-3,9H2,(H,17,18). The number of aromatic nitrogens is 2. The average molecular weight is 242 g/mol. The van der Waals surface area contributed by atoms with Crippen molar-refractivity contribution < 1.29 is 9.90 Å². The van der Waals surface area contributed by atoms with Gasteiger partial charge in [-0.05, 0) is 42.0 Å². The van der Waals surface area contributed by atoms with Gasteiger partial charge in [0.05, 0.1) is 6.54 Å². The van der Waals surface area contributed by atoms with E-state index in [1.807, 2.05) is 0 Å². The summed E-state index contributed by atoms with van der Waals surface area (Å²) in [5.74, 6) is -0.936. The first-order valence-corrected chi connectivity index (χ1v) is 6.10. The Kier molecular flexibility index (Phi) is 2.63. The van der Waals surface area contributed by atoms with E-state index in [2.05, 4.69) is 23.3 Å². The van der Waals surface area contributed by atoms with Gasteiger partial charge in [0, 0.05) is 6.20 Å². The molecule has 1 heterocycles. The average Bonchev–Trinajstić information content (AvgIpc) is 2.96. The quantitative estimate of drug-likeness (QED) is 0.896. The van der Waals surface area contributed by atoms with Crippen LogP contribution >= 0.6 is 0 Å². The number of aromatic carboxylic acids is 1. The van der Waals surface area contributed by atoms with Crippen LogP contribution in [0.3, 0.4) is 0 Å².